The normalized spacial score (nSPS) is 11.7. The summed E-state index contributed by atoms with van der Waals surface area (Å²) in [6.07, 6.45) is 0. The van der Waals surface area contributed by atoms with Crippen LogP contribution in [0.1, 0.15) is 31.1 Å². The van der Waals surface area contributed by atoms with E-state index in [2.05, 4.69) is 4.99 Å². The number of hydrogen-bond donors (Lipinski definition) is 0. The van der Waals surface area contributed by atoms with Gasteiger partial charge in [0.1, 0.15) is 5.82 Å². The highest BCUT2D eigenvalue weighted by molar-refractivity contribution is 7.16. The molecular formula is C21H23FN2O4S. The highest BCUT2D eigenvalue weighted by atomic mass is 32.1. The minimum absolute atomic E-state index is 0.323. The van der Waals surface area contributed by atoms with Crippen LogP contribution >= 0.6 is 11.3 Å². The SMILES string of the molecule is CCOc1cc(C(=O)N=c2sc3cc(F)ccc3n2C)cc(OCC)c1OCC. The van der Waals surface area contributed by atoms with E-state index in [9.17, 15) is 9.18 Å². The number of carbonyl (C=O) groups is 1. The lowest BCUT2D eigenvalue weighted by Crippen LogP contribution is -2.13. The largest absolute Gasteiger partial charge is 0.490 e. The highest BCUT2D eigenvalue weighted by Crippen LogP contribution is 2.39. The predicted molar refractivity (Wildman–Crippen MR) is 111 cm³/mol. The van der Waals surface area contributed by atoms with E-state index in [0.717, 1.165) is 10.2 Å². The molecule has 3 rings (SSSR count). The number of rotatable bonds is 7. The van der Waals surface area contributed by atoms with Crippen LogP contribution in [0.3, 0.4) is 0 Å². The van der Waals surface area contributed by atoms with Crippen molar-refractivity contribution >= 4 is 27.5 Å². The van der Waals surface area contributed by atoms with Crippen LogP contribution in [0.15, 0.2) is 35.3 Å². The van der Waals surface area contributed by atoms with Crippen molar-refractivity contribution in [2.75, 3.05) is 19.8 Å². The van der Waals surface area contributed by atoms with Crippen molar-refractivity contribution in [3.05, 3.63) is 46.5 Å². The number of ether oxygens (including phenoxy) is 3. The fourth-order valence-electron chi connectivity index (χ4n) is 2.88. The Hall–Kier alpha value is -2.87. The highest BCUT2D eigenvalue weighted by Gasteiger charge is 2.18. The second-order valence-corrected chi connectivity index (χ2v) is 7.08. The zero-order valence-corrected chi connectivity index (χ0v) is 17.6. The summed E-state index contributed by atoms with van der Waals surface area (Å²) in [5, 5.41) is 0. The zero-order valence-electron chi connectivity index (χ0n) is 16.8. The molecule has 0 aliphatic heterocycles. The molecule has 0 bridgehead atoms. The first-order valence-corrected chi connectivity index (χ1v) is 10.2. The smallest absolute Gasteiger partial charge is 0.279 e. The Morgan fingerprint density at radius 3 is 2.24 bits per heavy atom. The van der Waals surface area contributed by atoms with E-state index in [1.54, 1.807) is 29.8 Å². The van der Waals surface area contributed by atoms with E-state index in [0.29, 0.717) is 47.4 Å². The summed E-state index contributed by atoms with van der Waals surface area (Å²) in [6, 6.07) is 7.70. The maximum Gasteiger partial charge on any atom is 0.279 e. The average molecular weight is 418 g/mol. The molecule has 2 aromatic carbocycles. The van der Waals surface area contributed by atoms with Gasteiger partial charge in [0.2, 0.25) is 5.75 Å². The summed E-state index contributed by atoms with van der Waals surface area (Å²) in [5.74, 6) is 0.558. The Morgan fingerprint density at radius 1 is 1.03 bits per heavy atom. The molecular weight excluding hydrogens is 395 g/mol. The first-order chi connectivity index (χ1) is 14.0. The van der Waals surface area contributed by atoms with Crippen LogP contribution in [-0.2, 0) is 7.05 Å². The second kappa shape index (κ2) is 9.09. The van der Waals surface area contributed by atoms with Gasteiger partial charge < -0.3 is 18.8 Å². The van der Waals surface area contributed by atoms with Crippen LogP contribution in [0.4, 0.5) is 4.39 Å². The summed E-state index contributed by atoms with van der Waals surface area (Å²) >= 11 is 1.25. The molecule has 1 heterocycles. The van der Waals surface area contributed by atoms with Gasteiger partial charge >= 0.3 is 0 Å². The number of nitrogens with zero attached hydrogens (tertiary/aromatic N) is 2. The number of halogens is 1. The van der Waals surface area contributed by atoms with E-state index in [1.165, 1.54) is 23.5 Å². The topological polar surface area (TPSA) is 62.0 Å². The van der Waals surface area contributed by atoms with E-state index in [-0.39, 0.29) is 5.82 Å². The molecule has 0 radical (unpaired) electrons. The number of carbonyl (C=O) groups excluding carboxylic acids is 1. The van der Waals surface area contributed by atoms with Crippen molar-refractivity contribution in [1.82, 2.24) is 4.57 Å². The molecule has 29 heavy (non-hydrogen) atoms. The minimum atomic E-state index is -0.447. The molecule has 3 aromatic rings. The molecule has 0 aliphatic rings. The van der Waals surface area contributed by atoms with Gasteiger partial charge in [-0.2, -0.15) is 4.99 Å². The van der Waals surface area contributed by atoms with Gasteiger partial charge in [0.05, 0.1) is 30.0 Å². The lowest BCUT2D eigenvalue weighted by Gasteiger charge is -2.16. The molecule has 0 saturated heterocycles. The Balaban J connectivity index is 2.09. The van der Waals surface area contributed by atoms with Gasteiger partial charge in [0.25, 0.3) is 5.91 Å². The zero-order chi connectivity index (χ0) is 21.0. The first-order valence-electron chi connectivity index (χ1n) is 9.39. The minimum Gasteiger partial charge on any atom is -0.490 e. The van der Waals surface area contributed by atoms with Gasteiger partial charge in [-0.1, -0.05) is 11.3 Å². The molecule has 8 heteroatoms. The van der Waals surface area contributed by atoms with Crippen molar-refractivity contribution in [3.8, 4) is 17.2 Å². The van der Waals surface area contributed by atoms with Crippen molar-refractivity contribution in [2.24, 2.45) is 12.0 Å². The molecule has 0 fully saturated rings. The van der Waals surface area contributed by atoms with Crippen LogP contribution in [0.2, 0.25) is 0 Å². The maximum atomic E-state index is 13.5. The number of benzene rings is 2. The third-order valence-corrected chi connectivity index (χ3v) is 5.22. The molecule has 0 unspecified atom stereocenters. The maximum absolute atomic E-state index is 13.5. The Kier molecular flexibility index (Phi) is 6.53. The quantitative estimate of drug-likeness (QED) is 0.573. The summed E-state index contributed by atoms with van der Waals surface area (Å²) in [7, 11) is 1.79. The standard InChI is InChI=1S/C21H23FN2O4S/c1-5-26-16-10-13(11-17(27-6-2)19(16)28-7-3)20(25)23-21-24(4)15-9-8-14(22)12-18(15)29-21/h8-12H,5-7H2,1-4H3. The first kappa shape index (κ1) is 20.9. The predicted octanol–water partition coefficient (Wildman–Crippen LogP) is 4.32. The van der Waals surface area contributed by atoms with Crippen LogP contribution < -0.4 is 19.0 Å². The lowest BCUT2D eigenvalue weighted by atomic mass is 10.1. The van der Waals surface area contributed by atoms with Gasteiger partial charge in [-0.25, -0.2) is 4.39 Å². The van der Waals surface area contributed by atoms with Gasteiger partial charge in [-0.15, -0.1) is 0 Å². The van der Waals surface area contributed by atoms with Crippen LogP contribution in [0.25, 0.3) is 10.2 Å². The molecule has 154 valence electrons. The Bertz CT molecular complexity index is 1080. The average Bonchev–Trinajstić information content (AvgIpc) is 2.99. The number of thiazole rings is 1. The van der Waals surface area contributed by atoms with Gasteiger partial charge in [0, 0.05) is 12.6 Å². The van der Waals surface area contributed by atoms with Gasteiger partial charge in [-0.05, 0) is 51.1 Å². The van der Waals surface area contributed by atoms with E-state index < -0.39 is 5.91 Å². The van der Waals surface area contributed by atoms with Crippen molar-refractivity contribution < 1.29 is 23.4 Å². The Labute approximate surface area is 172 Å². The molecule has 0 spiro atoms. The van der Waals surface area contributed by atoms with Crippen LogP contribution in [-0.4, -0.2) is 30.3 Å². The van der Waals surface area contributed by atoms with E-state index in [4.69, 9.17) is 14.2 Å². The Morgan fingerprint density at radius 2 is 1.66 bits per heavy atom. The van der Waals surface area contributed by atoms with Crippen molar-refractivity contribution in [3.63, 3.8) is 0 Å². The third kappa shape index (κ3) is 4.42. The molecule has 0 N–H and O–H groups in total. The summed E-state index contributed by atoms with van der Waals surface area (Å²) in [4.78, 5) is 17.6. The number of aromatic nitrogens is 1. The molecule has 0 saturated carbocycles. The van der Waals surface area contributed by atoms with Crippen LogP contribution in [0, 0.1) is 5.82 Å². The van der Waals surface area contributed by atoms with Crippen LogP contribution in [0.5, 0.6) is 17.2 Å². The number of hydrogen-bond acceptors (Lipinski definition) is 5. The number of fused-ring (bicyclic) bond motifs is 1. The summed E-state index contributed by atoms with van der Waals surface area (Å²) in [6.45, 7) is 6.83. The fraction of sp³-hybridized carbons (Fsp3) is 0.333. The third-order valence-electron chi connectivity index (χ3n) is 4.12. The molecule has 1 aromatic heterocycles. The van der Waals surface area contributed by atoms with E-state index >= 15 is 0 Å². The molecule has 6 nitrogen and oxygen atoms in total. The van der Waals surface area contributed by atoms with E-state index in [1.807, 2.05) is 20.8 Å². The number of aryl methyl sites for hydroxylation is 1. The summed E-state index contributed by atoms with van der Waals surface area (Å²) in [5.41, 5.74) is 1.13. The fourth-order valence-corrected chi connectivity index (χ4v) is 3.92. The summed E-state index contributed by atoms with van der Waals surface area (Å²) < 4.78 is 33.0. The van der Waals surface area contributed by atoms with Gasteiger partial charge in [-0.3, -0.25) is 4.79 Å². The second-order valence-electron chi connectivity index (χ2n) is 6.07. The van der Waals surface area contributed by atoms with Crippen molar-refractivity contribution in [1.29, 1.82) is 0 Å². The van der Waals surface area contributed by atoms with Gasteiger partial charge in [0.15, 0.2) is 16.3 Å². The van der Waals surface area contributed by atoms with Crippen molar-refractivity contribution in [2.45, 2.75) is 20.8 Å². The number of amides is 1. The molecule has 0 aliphatic carbocycles. The molecule has 0 atom stereocenters. The lowest BCUT2D eigenvalue weighted by molar-refractivity contribution is 0.0997. The monoisotopic (exact) mass is 418 g/mol. The molecule has 1 amide bonds.